The molecule has 0 saturated carbocycles. The van der Waals surface area contributed by atoms with Crippen LogP contribution in [-0.4, -0.2) is 33.4 Å². The fourth-order valence-corrected chi connectivity index (χ4v) is 4.90. The first-order valence-corrected chi connectivity index (χ1v) is 12.2. The lowest BCUT2D eigenvalue weighted by molar-refractivity contribution is -0.121. The third-order valence-corrected chi connectivity index (χ3v) is 6.77. The van der Waals surface area contributed by atoms with Gasteiger partial charge in [0.15, 0.2) is 0 Å². The van der Waals surface area contributed by atoms with Gasteiger partial charge in [-0.2, -0.15) is 0 Å². The number of nitrogens with one attached hydrogen (secondary N) is 1. The third kappa shape index (κ3) is 4.87. The lowest BCUT2D eigenvalue weighted by atomic mass is 9.97. The smallest absolute Gasteiger partial charge is 0.228 e. The van der Waals surface area contributed by atoms with Gasteiger partial charge in [-0.1, -0.05) is 40.2 Å². The topological polar surface area (TPSA) is 50.2 Å². The van der Waals surface area contributed by atoms with Gasteiger partial charge in [0, 0.05) is 22.4 Å². The third-order valence-electron chi connectivity index (χ3n) is 6.24. The highest BCUT2D eigenvalue weighted by Gasteiger charge is 2.27. The fourth-order valence-electron chi connectivity index (χ4n) is 4.64. The second kappa shape index (κ2) is 9.49. The average Bonchev–Trinajstić information content (AvgIpc) is 3.17. The molecule has 0 aliphatic carbocycles. The summed E-state index contributed by atoms with van der Waals surface area (Å²) in [7, 11) is 0. The number of hydrogen-bond acceptors (Lipinski definition) is 3. The van der Waals surface area contributed by atoms with Crippen molar-refractivity contribution in [3.05, 3.63) is 88.7 Å². The fraction of sp³-hybridized carbons (Fsp3) is 0.259. The van der Waals surface area contributed by atoms with E-state index < -0.39 is 0 Å². The molecule has 1 aromatic heterocycles. The van der Waals surface area contributed by atoms with Crippen LogP contribution in [0.5, 0.6) is 0 Å². The number of halogens is 1. The number of fused-ring (bicyclic) bond motifs is 1. The van der Waals surface area contributed by atoms with Gasteiger partial charge in [0.2, 0.25) is 5.91 Å². The zero-order valence-electron chi connectivity index (χ0n) is 18.7. The van der Waals surface area contributed by atoms with E-state index >= 15 is 0 Å². The molecule has 1 amide bonds. The van der Waals surface area contributed by atoms with Gasteiger partial charge in [-0.25, -0.2) is 4.98 Å². The van der Waals surface area contributed by atoms with Gasteiger partial charge in [0.25, 0.3) is 0 Å². The second-order valence-electron chi connectivity index (χ2n) is 8.76. The lowest BCUT2D eigenvalue weighted by Crippen LogP contribution is -2.40. The van der Waals surface area contributed by atoms with E-state index in [0.29, 0.717) is 6.54 Å². The number of rotatable bonds is 5. The number of anilines is 1. The Balaban J connectivity index is 1.36. The van der Waals surface area contributed by atoms with Crippen LogP contribution in [0.1, 0.15) is 24.2 Å². The molecule has 1 aliphatic rings. The first kappa shape index (κ1) is 21.9. The summed E-state index contributed by atoms with van der Waals surface area (Å²) in [5.41, 5.74) is 5.19. The average molecular weight is 503 g/mol. The Morgan fingerprint density at radius 3 is 2.73 bits per heavy atom. The summed E-state index contributed by atoms with van der Waals surface area (Å²) >= 11 is 3.53. The minimum absolute atomic E-state index is 0.0234. The van der Waals surface area contributed by atoms with Crippen molar-refractivity contribution in [1.29, 1.82) is 0 Å². The Bertz CT molecular complexity index is 1280. The van der Waals surface area contributed by atoms with Gasteiger partial charge in [-0.15, -0.1) is 0 Å². The number of aromatic nitrogens is 2. The molecule has 5 rings (SSSR count). The molecule has 5 nitrogen and oxygen atoms in total. The van der Waals surface area contributed by atoms with Gasteiger partial charge in [0.05, 0.1) is 23.5 Å². The number of para-hydroxylation sites is 2. The Hall–Kier alpha value is -2.96. The summed E-state index contributed by atoms with van der Waals surface area (Å²) < 4.78 is 3.29. The lowest BCUT2D eigenvalue weighted by Gasteiger charge is -2.31. The van der Waals surface area contributed by atoms with Crippen LogP contribution in [-0.2, 0) is 11.3 Å². The molecule has 1 N–H and O–H groups in total. The number of hydrogen-bond donors (Lipinski definition) is 1. The van der Waals surface area contributed by atoms with Gasteiger partial charge in [-0.3, -0.25) is 14.3 Å². The largest absolute Gasteiger partial charge is 0.326 e. The highest BCUT2D eigenvalue weighted by atomic mass is 79.9. The van der Waals surface area contributed by atoms with Gasteiger partial charge in [-0.05, 0) is 80.4 Å². The molecule has 6 heteroatoms. The standard InChI is InChI=1S/C27H27BrN4O/c1-19-6-4-8-22(16-19)29-27(33)20-7-5-15-31(17-20)18-26-30-24-9-2-3-10-25(24)32(26)23-13-11-21(28)12-14-23/h2-4,6,8-14,16,20H,5,7,15,17-18H2,1H3,(H,29,33)/t20-/m1/s1. The molecule has 1 atom stereocenters. The monoisotopic (exact) mass is 502 g/mol. The highest BCUT2D eigenvalue weighted by molar-refractivity contribution is 9.10. The minimum atomic E-state index is -0.0234. The van der Waals surface area contributed by atoms with Crippen LogP contribution < -0.4 is 5.32 Å². The Kier molecular flexibility index (Phi) is 6.29. The summed E-state index contributed by atoms with van der Waals surface area (Å²) in [6, 6.07) is 24.6. The van der Waals surface area contributed by atoms with Crippen molar-refractivity contribution in [2.75, 3.05) is 18.4 Å². The van der Waals surface area contributed by atoms with E-state index in [0.717, 1.165) is 64.2 Å². The summed E-state index contributed by atoms with van der Waals surface area (Å²) in [5, 5.41) is 3.11. The number of aryl methyl sites for hydroxylation is 1. The van der Waals surface area contributed by atoms with Crippen LogP contribution in [0.15, 0.2) is 77.3 Å². The van der Waals surface area contributed by atoms with Gasteiger partial charge < -0.3 is 5.32 Å². The molecule has 33 heavy (non-hydrogen) atoms. The summed E-state index contributed by atoms with van der Waals surface area (Å²) in [5.74, 6) is 1.08. The van der Waals surface area contributed by atoms with Crippen molar-refractivity contribution in [2.45, 2.75) is 26.3 Å². The van der Waals surface area contributed by atoms with Crippen molar-refractivity contribution in [3.63, 3.8) is 0 Å². The first-order chi connectivity index (χ1) is 16.1. The Morgan fingerprint density at radius 1 is 1.09 bits per heavy atom. The number of nitrogens with zero attached hydrogens (tertiary/aromatic N) is 3. The highest BCUT2D eigenvalue weighted by Crippen LogP contribution is 2.26. The zero-order valence-corrected chi connectivity index (χ0v) is 20.3. The van der Waals surface area contributed by atoms with Crippen molar-refractivity contribution < 1.29 is 4.79 Å². The molecular weight excluding hydrogens is 476 g/mol. The SMILES string of the molecule is Cc1cccc(NC(=O)[C@@H]2CCCN(Cc3nc4ccccc4n3-c3ccc(Br)cc3)C2)c1. The second-order valence-corrected chi connectivity index (χ2v) is 9.68. The number of carbonyl (C=O) groups is 1. The molecule has 1 saturated heterocycles. The number of likely N-dealkylation sites (tertiary alicyclic amines) is 1. The normalized spacial score (nSPS) is 16.7. The van der Waals surface area contributed by atoms with Crippen molar-refractivity contribution >= 4 is 38.6 Å². The molecule has 0 bridgehead atoms. The minimum Gasteiger partial charge on any atom is -0.326 e. The van der Waals surface area contributed by atoms with Crippen LogP contribution in [0.3, 0.4) is 0 Å². The van der Waals surface area contributed by atoms with E-state index in [2.05, 4.69) is 73.2 Å². The van der Waals surface area contributed by atoms with Crippen molar-refractivity contribution in [3.8, 4) is 5.69 Å². The molecule has 2 heterocycles. The van der Waals surface area contributed by atoms with E-state index in [4.69, 9.17) is 4.98 Å². The van der Waals surface area contributed by atoms with Crippen LogP contribution in [0, 0.1) is 12.8 Å². The quantitative estimate of drug-likeness (QED) is 0.366. The maximum Gasteiger partial charge on any atom is 0.228 e. The van der Waals surface area contributed by atoms with E-state index in [9.17, 15) is 4.79 Å². The summed E-state index contributed by atoms with van der Waals surface area (Å²) in [4.78, 5) is 20.3. The molecule has 3 aromatic carbocycles. The van der Waals surface area contributed by atoms with E-state index in [1.807, 2.05) is 37.3 Å². The Labute approximate surface area is 202 Å². The molecule has 0 unspecified atom stereocenters. The maximum absolute atomic E-state index is 13.0. The molecule has 1 aliphatic heterocycles. The maximum atomic E-state index is 13.0. The molecular formula is C27H27BrN4O. The number of piperidine rings is 1. The molecule has 1 fully saturated rings. The number of benzene rings is 3. The van der Waals surface area contributed by atoms with Crippen LogP contribution in [0.25, 0.3) is 16.7 Å². The van der Waals surface area contributed by atoms with E-state index in [-0.39, 0.29) is 11.8 Å². The predicted molar refractivity (Wildman–Crippen MR) is 137 cm³/mol. The molecule has 4 aromatic rings. The zero-order chi connectivity index (χ0) is 22.8. The van der Waals surface area contributed by atoms with E-state index in [1.165, 1.54) is 0 Å². The summed E-state index contributed by atoms with van der Waals surface area (Å²) in [6.45, 7) is 4.45. The number of carbonyl (C=O) groups excluding carboxylic acids is 1. The summed E-state index contributed by atoms with van der Waals surface area (Å²) in [6.07, 6.45) is 1.92. The van der Waals surface area contributed by atoms with Gasteiger partial charge >= 0.3 is 0 Å². The van der Waals surface area contributed by atoms with Gasteiger partial charge in [0.1, 0.15) is 5.82 Å². The molecule has 168 valence electrons. The molecule has 0 radical (unpaired) electrons. The van der Waals surface area contributed by atoms with Crippen LogP contribution in [0.4, 0.5) is 5.69 Å². The van der Waals surface area contributed by atoms with Crippen LogP contribution in [0.2, 0.25) is 0 Å². The predicted octanol–water partition coefficient (Wildman–Crippen LogP) is 5.95. The number of imidazole rings is 1. The van der Waals surface area contributed by atoms with Crippen LogP contribution >= 0.6 is 15.9 Å². The Morgan fingerprint density at radius 2 is 1.91 bits per heavy atom. The number of amides is 1. The first-order valence-electron chi connectivity index (χ1n) is 11.4. The van der Waals surface area contributed by atoms with E-state index in [1.54, 1.807) is 0 Å². The van der Waals surface area contributed by atoms with Crippen molar-refractivity contribution in [1.82, 2.24) is 14.5 Å². The molecule has 0 spiro atoms. The van der Waals surface area contributed by atoms with Crippen molar-refractivity contribution in [2.24, 2.45) is 5.92 Å².